The van der Waals surface area contributed by atoms with E-state index in [4.69, 9.17) is 11.5 Å². The number of amides is 1. The summed E-state index contributed by atoms with van der Waals surface area (Å²) in [7, 11) is 0. The molecule has 0 aromatic heterocycles. The highest BCUT2D eigenvalue weighted by Crippen LogP contribution is 2.27. The van der Waals surface area contributed by atoms with Crippen LogP contribution in [-0.2, 0) is 4.79 Å². The van der Waals surface area contributed by atoms with Crippen molar-refractivity contribution in [3.05, 3.63) is 35.9 Å². The maximum Gasteiger partial charge on any atom is 0.223 e. The summed E-state index contributed by atoms with van der Waals surface area (Å²) in [5, 5.41) is 0. The fourth-order valence-corrected chi connectivity index (χ4v) is 1.47. The highest BCUT2D eigenvalue weighted by atomic mass is 16.1. The van der Waals surface area contributed by atoms with Crippen LogP contribution in [0.3, 0.4) is 0 Å². The third-order valence-electron chi connectivity index (χ3n) is 2.62. The molecule has 0 fully saturated rings. The fraction of sp³-hybridized carbons (Fsp3) is 0.417. The van der Waals surface area contributed by atoms with Gasteiger partial charge in [0.1, 0.15) is 0 Å². The Balaban J connectivity index is 2.72. The number of benzene rings is 1. The van der Waals surface area contributed by atoms with Gasteiger partial charge in [-0.25, -0.2) is 0 Å². The van der Waals surface area contributed by atoms with E-state index in [2.05, 4.69) is 0 Å². The molecule has 0 aliphatic heterocycles. The smallest absolute Gasteiger partial charge is 0.223 e. The van der Waals surface area contributed by atoms with Gasteiger partial charge >= 0.3 is 0 Å². The van der Waals surface area contributed by atoms with E-state index in [1.54, 1.807) is 0 Å². The molecule has 82 valence electrons. The molecule has 1 unspecified atom stereocenters. The van der Waals surface area contributed by atoms with E-state index in [1.165, 1.54) is 0 Å². The van der Waals surface area contributed by atoms with Crippen molar-refractivity contribution in [3.8, 4) is 0 Å². The summed E-state index contributed by atoms with van der Waals surface area (Å²) >= 11 is 0. The summed E-state index contributed by atoms with van der Waals surface area (Å²) < 4.78 is 0. The van der Waals surface area contributed by atoms with Gasteiger partial charge < -0.3 is 11.5 Å². The minimum Gasteiger partial charge on any atom is -0.369 e. The van der Waals surface area contributed by atoms with Crippen LogP contribution < -0.4 is 11.5 Å². The molecule has 1 aromatic rings. The molecule has 0 bridgehead atoms. The summed E-state index contributed by atoms with van der Waals surface area (Å²) in [6.45, 7) is 3.64. The number of hydrogen-bond acceptors (Lipinski definition) is 2. The molecule has 1 amide bonds. The highest BCUT2D eigenvalue weighted by molar-refractivity contribution is 5.79. The van der Waals surface area contributed by atoms with Gasteiger partial charge in [0.15, 0.2) is 0 Å². The molecule has 0 saturated heterocycles. The van der Waals surface area contributed by atoms with E-state index in [0.29, 0.717) is 6.42 Å². The average Bonchev–Trinajstić information content (AvgIpc) is 2.18. The van der Waals surface area contributed by atoms with Crippen molar-refractivity contribution in [1.29, 1.82) is 0 Å². The second-order valence-electron chi connectivity index (χ2n) is 4.47. The van der Waals surface area contributed by atoms with E-state index in [1.807, 2.05) is 44.2 Å². The molecule has 0 aliphatic rings. The van der Waals surface area contributed by atoms with E-state index in [0.717, 1.165) is 5.56 Å². The second kappa shape index (κ2) is 4.45. The first kappa shape index (κ1) is 11.7. The normalized spacial score (nSPS) is 13.5. The number of hydrogen-bond donors (Lipinski definition) is 2. The molecule has 1 aromatic carbocycles. The lowest BCUT2D eigenvalue weighted by molar-refractivity contribution is -0.126. The monoisotopic (exact) mass is 206 g/mol. The predicted octanol–water partition coefficient (Wildman–Crippen LogP) is 1.59. The van der Waals surface area contributed by atoms with Crippen LogP contribution in [0.25, 0.3) is 0 Å². The molecule has 4 N–H and O–H groups in total. The van der Waals surface area contributed by atoms with Crippen molar-refractivity contribution in [2.75, 3.05) is 0 Å². The minimum absolute atomic E-state index is 0.145. The Hall–Kier alpha value is -1.35. The van der Waals surface area contributed by atoms with E-state index >= 15 is 0 Å². The average molecular weight is 206 g/mol. The summed E-state index contributed by atoms with van der Waals surface area (Å²) in [5.41, 5.74) is 11.8. The highest BCUT2D eigenvalue weighted by Gasteiger charge is 2.27. The first-order valence-electron chi connectivity index (χ1n) is 5.04. The van der Waals surface area contributed by atoms with E-state index in [9.17, 15) is 4.79 Å². The Morgan fingerprint density at radius 1 is 1.33 bits per heavy atom. The van der Waals surface area contributed by atoms with Crippen LogP contribution in [0, 0.1) is 5.41 Å². The van der Waals surface area contributed by atoms with Crippen molar-refractivity contribution in [3.63, 3.8) is 0 Å². The first-order chi connectivity index (χ1) is 6.93. The summed E-state index contributed by atoms with van der Waals surface area (Å²) in [6, 6.07) is 9.59. The molecule has 15 heavy (non-hydrogen) atoms. The van der Waals surface area contributed by atoms with Crippen LogP contribution in [0.15, 0.2) is 30.3 Å². The van der Waals surface area contributed by atoms with E-state index in [-0.39, 0.29) is 11.9 Å². The minimum atomic E-state index is -0.560. The maximum absolute atomic E-state index is 11.2. The van der Waals surface area contributed by atoms with Crippen LogP contribution >= 0.6 is 0 Å². The van der Waals surface area contributed by atoms with Gasteiger partial charge in [-0.1, -0.05) is 44.2 Å². The third-order valence-corrected chi connectivity index (χ3v) is 2.62. The molecular formula is C12H18N2O. The molecule has 0 heterocycles. The fourth-order valence-electron chi connectivity index (χ4n) is 1.47. The van der Waals surface area contributed by atoms with Crippen LogP contribution in [0.1, 0.15) is 31.9 Å². The Labute approximate surface area is 90.5 Å². The molecule has 0 saturated carbocycles. The maximum atomic E-state index is 11.2. The number of carbonyl (C=O) groups is 1. The number of nitrogens with two attached hydrogens (primary N) is 2. The standard InChI is InChI=1S/C12H18N2O/c1-12(2,11(14)15)8-10(13)9-6-4-3-5-7-9/h3-7,10H,8,13H2,1-2H3,(H2,14,15). The van der Waals surface area contributed by atoms with Crippen LogP contribution in [0.5, 0.6) is 0 Å². The molecule has 0 spiro atoms. The molecule has 3 heteroatoms. The van der Waals surface area contributed by atoms with Crippen LogP contribution in [0.4, 0.5) is 0 Å². The predicted molar refractivity (Wildman–Crippen MR) is 61.0 cm³/mol. The van der Waals surface area contributed by atoms with Gasteiger partial charge in [0, 0.05) is 11.5 Å². The molecular weight excluding hydrogens is 188 g/mol. The van der Waals surface area contributed by atoms with Gasteiger partial charge in [-0.05, 0) is 12.0 Å². The SMILES string of the molecule is CC(C)(CC(N)c1ccccc1)C(N)=O. The lowest BCUT2D eigenvalue weighted by Gasteiger charge is -2.24. The lowest BCUT2D eigenvalue weighted by Crippen LogP contribution is -2.34. The summed E-state index contributed by atoms with van der Waals surface area (Å²) in [4.78, 5) is 11.2. The van der Waals surface area contributed by atoms with Crippen molar-refractivity contribution in [2.24, 2.45) is 16.9 Å². The van der Waals surface area contributed by atoms with Gasteiger partial charge in [-0.3, -0.25) is 4.79 Å². The van der Waals surface area contributed by atoms with Crippen molar-refractivity contribution in [1.82, 2.24) is 0 Å². The van der Waals surface area contributed by atoms with Gasteiger partial charge in [0.2, 0.25) is 5.91 Å². The first-order valence-corrected chi connectivity index (χ1v) is 5.04. The number of primary amides is 1. The molecule has 0 aliphatic carbocycles. The Morgan fingerprint density at radius 2 is 1.87 bits per heavy atom. The quantitative estimate of drug-likeness (QED) is 0.785. The van der Waals surface area contributed by atoms with Gasteiger partial charge in [-0.2, -0.15) is 0 Å². The topological polar surface area (TPSA) is 69.1 Å². The Kier molecular flexibility index (Phi) is 3.48. The molecule has 1 atom stereocenters. The van der Waals surface area contributed by atoms with Gasteiger partial charge in [0.25, 0.3) is 0 Å². The lowest BCUT2D eigenvalue weighted by atomic mass is 9.83. The van der Waals surface area contributed by atoms with Crippen LogP contribution in [-0.4, -0.2) is 5.91 Å². The zero-order valence-corrected chi connectivity index (χ0v) is 9.23. The van der Waals surface area contributed by atoms with Gasteiger partial charge in [-0.15, -0.1) is 0 Å². The second-order valence-corrected chi connectivity index (χ2v) is 4.47. The molecule has 1 rings (SSSR count). The van der Waals surface area contributed by atoms with E-state index < -0.39 is 5.41 Å². The summed E-state index contributed by atoms with van der Waals surface area (Å²) in [6.07, 6.45) is 0.562. The zero-order chi connectivity index (χ0) is 11.5. The third kappa shape index (κ3) is 3.06. The molecule has 0 radical (unpaired) electrons. The largest absolute Gasteiger partial charge is 0.369 e. The van der Waals surface area contributed by atoms with Gasteiger partial charge in [0.05, 0.1) is 0 Å². The Bertz CT molecular complexity index is 333. The van der Waals surface area contributed by atoms with Crippen molar-refractivity contribution < 1.29 is 4.79 Å². The number of carbonyl (C=O) groups excluding carboxylic acids is 1. The van der Waals surface area contributed by atoms with Crippen LogP contribution in [0.2, 0.25) is 0 Å². The van der Waals surface area contributed by atoms with Crippen molar-refractivity contribution in [2.45, 2.75) is 26.3 Å². The summed E-state index contributed by atoms with van der Waals surface area (Å²) in [5.74, 6) is -0.311. The van der Waals surface area contributed by atoms with Crippen molar-refractivity contribution >= 4 is 5.91 Å². The zero-order valence-electron chi connectivity index (χ0n) is 9.23. The molecule has 3 nitrogen and oxygen atoms in total. The number of rotatable bonds is 4. The Morgan fingerprint density at radius 3 is 2.33 bits per heavy atom.